The lowest BCUT2D eigenvalue weighted by molar-refractivity contribution is -0.133. The van der Waals surface area contributed by atoms with E-state index in [0.29, 0.717) is 18.7 Å². The van der Waals surface area contributed by atoms with Gasteiger partial charge in [0.1, 0.15) is 0 Å². The standard InChI is InChI=1S/C20H25N3O3/c1-15-3-5-17(6-4-15)19(24)7-8-20(25)23-11-9-22(10-12-23)14-18-13-16(2)21-26-18/h3-6,13H,7-12,14H2,1-2H3. The lowest BCUT2D eigenvalue weighted by Crippen LogP contribution is -2.48. The normalized spacial score (nSPS) is 15.2. The van der Waals surface area contributed by atoms with E-state index >= 15 is 0 Å². The zero-order chi connectivity index (χ0) is 18.5. The highest BCUT2D eigenvalue weighted by atomic mass is 16.5. The van der Waals surface area contributed by atoms with Crippen LogP contribution in [0.2, 0.25) is 0 Å². The molecule has 1 saturated heterocycles. The van der Waals surface area contributed by atoms with Crippen LogP contribution >= 0.6 is 0 Å². The number of nitrogens with zero attached hydrogens (tertiary/aromatic N) is 3. The van der Waals surface area contributed by atoms with Crippen LogP contribution in [0, 0.1) is 13.8 Å². The minimum absolute atomic E-state index is 0.0256. The van der Waals surface area contributed by atoms with Crippen molar-refractivity contribution in [3.63, 3.8) is 0 Å². The quantitative estimate of drug-likeness (QED) is 0.745. The SMILES string of the molecule is Cc1ccc(C(=O)CCC(=O)N2CCN(Cc3cc(C)no3)CC2)cc1. The fourth-order valence-electron chi connectivity index (χ4n) is 3.13. The summed E-state index contributed by atoms with van der Waals surface area (Å²) in [5.41, 5.74) is 2.68. The average Bonchev–Trinajstić information content (AvgIpc) is 3.05. The maximum absolute atomic E-state index is 12.4. The molecule has 3 rings (SSSR count). The van der Waals surface area contributed by atoms with Gasteiger partial charge < -0.3 is 9.42 Å². The van der Waals surface area contributed by atoms with Crippen LogP contribution in [0.3, 0.4) is 0 Å². The minimum Gasteiger partial charge on any atom is -0.360 e. The Morgan fingerprint density at radius 3 is 2.35 bits per heavy atom. The van der Waals surface area contributed by atoms with Gasteiger partial charge in [-0.2, -0.15) is 0 Å². The van der Waals surface area contributed by atoms with E-state index in [4.69, 9.17) is 4.52 Å². The Kier molecular flexibility index (Phi) is 5.83. The van der Waals surface area contributed by atoms with Crippen molar-refractivity contribution >= 4 is 11.7 Å². The number of rotatable bonds is 6. The van der Waals surface area contributed by atoms with Gasteiger partial charge in [-0.3, -0.25) is 14.5 Å². The van der Waals surface area contributed by atoms with E-state index in [0.717, 1.165) is 36.7 Å². The van der Waals surface area contributed by atoms with Crippen molar-refractivity contribution in [3.05, 3.63) is 52.9 Å². The molecule has 1 amide bonds. The van der Waals surface area contributed by atoms with Crippen molar-refractivity contribution < 1.29 is 14.1 Å². The molecular formula is C20H25N3O3. The van der Waals surface area contributed by atoms with Crippen LogP contribution in [-0.4, -0.2) is 52.8 Å². The van der Waals surface area contributed by atoms with E-state index in [-0.39, 0.29) is 24.5 Å². The molecule has 0 spiro atoms. The summed E-state index contributed by atoms with van der Waals surface area (Å²) in [7, 11) is 0. The Bertz CT molecular complexity index is 759. The van der Waals surface area contributed by atoms with Crippen LogP contribution in [0.5, 0.6) is 0 Å². The summed E-state index contributed by atoms with van der Waals surface area (Å²) in [4.78, 5) is 28.7. The van der Waals surface area contributed by atoms with Crippen molar-refractivity contribution in [3.8, 4) is 0 Å². The Morgan fingerprint density at radius 2 is 1.73 bits per heavy atom. The number of carbonyl (C=O) groups is 2. The van der Waals surface area contributed by atoms with Gasteiger partial charge in [0.25, 0.3) is 0 Å². The second kappa shape index (κ2) is 8.27. The number of hydrogen-bond acceptors (Lipinski definition) is 5. The molecule has 0 aliphatic carbocycles. The summed E-state index contributed by atoms with van der Waals surface area (Å²) < 4.78 is 5.25. The predicted molar refractivity (Wildman–Crippen MR) is 97.8 cm³/mol. The van der Waals surface area contributed by atoms with Crippen LogP contribution < -0.4 is 0 Å². The topological polar surface area (TPSA) is 66.7 Å². The average molecular weight is 355 g/mol. The van der Waals surface area contributed by atoms with Crippen molar-refractivity contribution in [1.29, 1.82) is 0 Å². The first-order valence-electron chi connectivity index (χ1n) is 9.03. The molecule has 26 heavy (non-hydrogen) atoms. The third-order valence-electron chi connectivity index (χ3n) is 4.72. The second-order valence-electron chi connectivity index (χ2n) is 6.88. The summed E-state index contributed by atoms with van der Waals surface area (Å²) >= 11 is 0. The predicted octanol–water partition coefficient (Wildman–Crippen LogP) is 2.60. The molecule has 0 unspecified atom stereocenters. The number of Topliss-reactive ketones (excluding diaryl/α,β-unsaturated/α-hetero) is 1. The van der Waals surface area contributed by atoms with Gasteiger partial charge in [0.15, 0.2) is 11.5 Å². The molecule has 0 saturated carbocycles. The Morgan fingerprint density at radius 1 is 1.04 bits per heavy atom. The number of aryl methyl sites for hydroxylation is 2. The van der Waals surface area contributed by atoms with Gasteiger partial charge in [0.2, 0.25) is 5.91 Å². The number of hydrogen-bond donors (Lipinski definition) is 0. The van der Waals surface area contributed by atoms with Crippen LogP contribution in [0.15, 0.2) is 34.9 Å². The van der Waals surface area contributed by atoms with Gasteiger partial charge in [-0.1, -0.05) is 35.0 Å². The molecule has 138 valence electrons. The van der Waals surface area contributed by atoms with Gasteiger partial charge in [0.05, 0.1) is 12.2 Å². The number of ketones is 1. The molecule has 1 aromatic heterocycles. The molecule has 0 N–H and O–H groups in total. The third kappa shape index (κ3) is 4.79. The summed E-state index contributed by atoms with van der Waals surface area (Å²) in [5, 5.41) is 3.90. The monoisotopic (exact) mass is 355 g/mol. The first-order valence-corrected chi connectivity index (χ1v) is 9.03. The van der Waals surface area contributed by atoms with Gasteiger partial charge in [-0.05, 0) is 13.8 Å². The highest BCUT2D eigenvalue weighted by molar-refractivity contribution is 5.97. The molecule has 6 heteroatoms. The first-order chi connectivity index (χ1) is 12.5. The maximum Gasteiger partial charge on any atom is 0.223 e. The Balaban J connectivity index is 1.42. The fraction of sp³-hybridized carbons (Fsp3) is 0.450. The third-order valence-corrected chi connectivity index (χ3v) is 4.72. The van der Waals surface area contributed by atoms with Crippen LogP contribution in [-0.2, 0) is 11.3 Å². The van der Waals surface area contributed by atoms with Gasteiger partial charge >= 0.3 is 0 Å². The van der Waals surface area contributed by atoms with Crippen molar-refractivity contribution in [2.75, 3.05) is 26.2 Å². The van der Waals surface area contributed by atoms with E-state index in [1.54, 1.807) is 0 Å². The smallest absolute Gasteiger partial charge is 0.223 e. The van der Waals surface area contributed by atoms with Gasteiger partial charge in [0, 0.05) is 50.7 Å². The van der Waals surface area contributed by atoms with E-state index in [2.05, 4.69) is 10.1 Å². The molecule has 1 aliphatic rings. The van der Waals surface area contributed by atoms with E-state index < -0.39 is 0 Å². The highest BCUT2D eigenvalue weighted by Crippen LogP contribution is 2.12. The molecule has 6 nitrogen and oxygen atoms in total. The van der Waals surface area contributed by atoms with Crippen molar-refractivity contribution in [2.45, 2.75) is 33.2 Å². The van der Waals surface area contributed by atoms with Gasteiger partial charge in [-0.15, -0.1) is 0 Å². The number of carbonyl (C=O) groups excluding carboxylic acids is 2. The van der Waals surface area contributed by atoms with E-state index in [1.807, 2.05) is 49.1 Å². The molecule has 2 heterocycles. The van der Waals surface area contributed by atoms with Crippen molar-refractivity contribution in [2.24, 2.45) is 0 Å². The zero-order valence-corrected chi connectivity index (χ0v) is 15.4. The lowest BCUT2D eigenvalue weighted by Gasteiger charge is -2.34. The largest absolute Gasteiger partial charge is 0.360 e. The van der Waals surface area contributed by atoms with Gasteiger partial charge in [-0.25, -0.2) is 0 Å². The zero-order valence-electron chi connectivity index (χ0n) is 15.4. The number of aromatic nitrogens is 1. The molecule has 1 aromatic carbocycles. The molecule has 1 fully saturated rings. The first kappa shape index (κ1) is 18.3. The molecular weight excluding hydrogens is 330 g/mol. The Hall–Kier alpha value is -2.47. The minimum atomic E-state index is 0.0256. The van der Waals surface area contributed by atoms with Crippen LogP contribution in [0.4, 0.5) is 0 Å². The molecule has 0 radical (unpaired) electrons. The van der Waals surface area contributed by atoms with Crippen LogP contribution in [0.25, 0.3) is 0 Å². The van der Waals surface area contributed by atoms with Crippen LogP contribution in [0.1, 0.15) is 40.2 Å². The van der Waals surface area contributed by atoms with E-state index in [1.165, 1.54) is 0 Å². The molecule has 0 bridgehead atoms. The van der Waals surface area contributed by atoms with Crippen molar-refractivity contribution in [1.82, 2.24) is 15.0 Å². The number of benzene rings is 1. The van der Waals surface area contributed by atoms with E-state index in [9.17, 15) is 9.59 Å². The number of piperazine rings is 1. The lowest BCUT2D eigenvalue weighted by atomic mass is 10.0. The summed E-state index contributed by atoms with van der Waals surface area (Å²) in [6.45, 7) is 7.58. The summed E-state index contributed by atoms with van der Waals surface area (Å²) in [6, 6.07) is 9.43. The molecule has 2 aromatic rings. The Labute approximate surface area is 153 Å². The molecule has 0 atom stereocenters. The summed E-state index contributed by atoms with van der Waals surface area (Å²) in [6.07, 6.45) is 0.535. The number of amides is 1. The highest BCUT2D eigenvalue weighted by Gasteiger charge is 2.22. The fourth-order valence-corrected chi connectivity index (χ4v) is 3.13. The molecule has 1 aliphatic heterocycles. The second-order valence-corrected chi connectivity index (χ2v) is 6.88. The maximum atomic E-state index is 12.4. The summed E-state index contributed by atoms with van der Waals surface area (Å²) in [5.74, 6) is 0.935.